The minimum atomic E-state index is 0. The zero-order chi connectivity index (χ0) is 14.9. The lowest BCUT2D eigenvalue weighted by atomic mass is 10.1. The number of carbonyl (C=O) groups is 1. The highest BCUT2D eigenvalue weighted by Crippen LogP contribution is 2.16. The van der Waals surface area contributed by atoms with Crippen LogP contribution in [0.5, 0.6) is 0 Å². The van der Waals surface area contributed by atoms with E-state index in [-0.39, 0.29) is 31.0 Å². The molecule has 1 aliphatic heterocycles. The second kappa shape index (κ2) is 10.5. The Hall–Kier alpha value is -1.17. The molecule has 1 aromatic heterocycles. The van der Waals surface area contributed by atoms with Gasteiger partial charge in [-0.1, -0.05) is 6.07 Å². The number of amides is 1. The van der Waals surface area contributed by atoms with E-state index in [1.807, 2.05) is 30.0 Å². The van der Waals surface area contributed by atoms with Crippen LogP contribution in [0.15, 0.2) is 24.4 Å². The maximum Gasteiger partial charge on any atom is 0.249 e. The molecular weight excluding hydrogens is 302 g/mol. The number of nitrogens with zero attached hydrogens (tertiary/aromatic N) is 2. The summed E-state index contributed by atoms with van der Waals surface area (Å²) < 4.78 is 5.31. The zero-order valence-corrected chi connectivity index (χ0v) is 14.0. The summed E-state index contributed by atoms with van der Waals surface area (Å²) in [6, 6.07) is 6.10. The molecule has 1 atom stereocenters. The number of halogens is 1. The molecule has 1 aromatic rings. The van der Waals surface area contributed by atoms with E-state index in [1.54, 1.807) is 6.20 Å². The van der Waals surface area contributed by atoms with Gasteiger partial charge in [-0.3, -0.25) is 9.78 Å². The fraction of sp³-hybridized carbons (Fsp3) is 0.625. The number of hydrogen-bond acceptors (Lipinski definition) is 4. The molecule has 2 heterocycles. The highest BCUT2D eigenvalue weighted by molar-refractivity contribution is 5.85. The van der Waals surface area contributed by atoms with Crippen molar-refractivity contribution in [2.45, 2.75) is 38.8 Å². The van der Waals surface area contributed by atoms with Gasteiger partial charge in [0.2, 0.25) is 5.91 Å². The van der Waals surface area contributed by atoms with Crippen molar-refractivity contribution < 1.29 is 9.53 Å². The van der Waals surface area contributed by atoms with Gasteiger partial charge in [-0.05, 0) is 51.4 Å². The average molecular weight is 328 g/mol. The molecule has 1 N–H and O–H groups in total. The van der Waals surface area contributed by atoms with E-state index in [0.29, 0.717) is 13.2 Å². The van der Waals surface area contributed by atoms with E-state index < -0.39 is 0 Å². The van der Waals surface area contributed by atoms with Crippen molar-refractivity contribution in [1.82, 2.24) is 15.2 Å². The van der Waals surface area contributed by atoms with Crippen LogP contribution in [-0.2, 0) is 16.1 Å². The Morgan fingerprint density at radius 1 is 1.41 bits per heavy atom. The van der Waals surface area contributed by atoms with Crippen LogP contribution < -0.4 is 5.32 Å². The summed E-state index contributed by atoms with van der Waals surface area (Å²) in [5, 5.41) is 3.39. The van der Waals surface area contributed by atoms with Crippen LogP contribution in [0.4, 0.5) is 0 Å². The highest BCUT2D eigenvalue weighted by atomic mass is 35.5. The first kappa shape index (κ1) is 18.9. The lowest BCUT2D eigenvalue weighted by Gasteiger charge is -2.31. The number of carbonyl (C=O) groups excluding carboxylic acids is 1. The maximum atomic E-state index is 12.5. The first-order valence-corrected chi connectivity index (χ1v) is 7.79. The second-order valence-corrected chi connectivity index (χ2v) is 5.31. The van der Waals surface area contributed by atoms with Gasteiger partial charge in [0, 0.05) is 18.8 Å². The molecule has 0 aromatic carbocycles. The quantitative estimate of drug-likeness (QED) is 0.868. The summed E-state index contributed by atoms with van der Waals surface area (Å²) in [5.74, 6) is 0.0643. The van der Waals surface area contributed by atoms with Crippen LogP contribution in [0.1, 0.15) is 31.9 Å². The number of hydrogen-bond donors (Lipinski definition) is 1. The lowest BCUT2D eigenvalue weighted by Crippen LogP contribution is -2.42. The van der Waals surface area contributed by atoms with Crippen LogP contribution in [-0.4, -0.2) is 48.1 Å². The summed E-state index contributed by atoms with van der Waals surface area (Å²) in [4.78, 5) is 18.8. The van der Waals surface area contributed by atoms with Gasteiger partial charge in [0.25, 0.3) is 0 Å². The van der Waals surface area contributed by atoms with Crippen molar-refractivity contribution in [3.63, 3.8) is 0 Å². The van der Waals surface area contributed by atoms with Gasteiger partial charge in [-0.15, -0.1) is 12.4 Å². The summed E-state index contributed by atoms with van der Waals surface area (Å²) in [6.45, 7) is 5.20. The normalized spacial score (nSPS) is 18.1. The Bertz CT molecular complexity index is 423. The Kier molecular flexibility index (Phi) is 9.04. The number of nitrogens with one attached hydrogen (secondary N) is 1. The van der Waals surface area contributed by atoms with E-state index in [2.05, 4.69) is 10.3 Å². The topological polar surface area (TPSA) is 54.5 Å². The van der Waals surface area contributed by atoms with Gasteiger partial charge < -0.3 is 15.0 Å². The molecule has 2 rings (SSSR count). The third kappa shape index (κ3) is 5.91. The summed E-state index contributed by atoms with van der Waals surface area (Å²) >= 11 is 0. The van der Waals surface area contributed by atoms with Gasteiger partial charge >= 0.3 is 0 Å². The van der Waals surface area contributed by atoms with Gasteiger partial charge in [0.05, 0.1) is 12.2 Å². The standard InChI is InChI=1S/C16H25N3O2.ClH/c1-2-21-13-16(20)19(12-14-6-3-4-10-18-14)15-7-5-9-17-11-8-15;/h3-4,6,10,15,17H,2,5,7-9,11-13H2,1H3;1H. The molecule has 6 heteroatoms. The molecule has 0 spiro atoms. The van der Waals surface area contributed by atoms with Crippen molar-refractivity contribution >= 4 is 18.3 Å². The number of rotatable bonds is 6. The van der Waals surface area contributed by atoms with Crippen molar-refractivity contribution in [1.29, 1.82) is 0 Å². The first-order valence-electron chi connectivity index (χ1n) is 7.79. The monoisotopic (exact) mass is 327 g/mol. The zero-order valence-electron chi connectivity index (χ0n) is 13.2. The smallest absolute Gasteiger partial charge is 0.249 e. The minimum absolute atomic E-state index is 0. The third-order valence-corrected chi connectivity index (χ3v) is 3.79. The predicted molar refractivity (Wildman–Crippen MR) is 89.0 cm³/mol. The van der Waals surface area contributed by atoms with Gasteiger partial charge in [-0.25, -0.2) is 0 Å². The van der Waals surface area contributed by atoms with Crippen molar-refractivity contribution in [3.8, 4) is 0 Å². The number of ether oxygens (including phenoxy) is 1. The van der Waals surface area contributed by atoms with E-state index in [0.717, 1.165) is 38.0 Å². The van der Waals surface area contributed by atoms with E-state index >= 15 is 0 Å². The summed E-state index contributed by atoms with van der Waals surface area (Å²) in [6.07, 6.45) is 4.91. The molecule has 124 valence electrons. The average Bonchev–Trinajstić information content (AvgIpc) is 2.80. The molecule has 0 saturated carbocycles. The van der Waals surface area contributed by atoms with E-state index in [1.165, 1.54) is 0 Å². The molecule has 0 radical (unpaired) electrons. The van der Waals surface area contributed by atoms with Crippen LogP contribution >= 0.6 is 12.4 Å². The van der Waals surface area contributed by atoms with Crippen molar-refractivity contribution in [3.05, 3.63) is 30.1 Å². The van der Waals surface area contributed by atoms with Crippen molar-refractivity contribution in [2.75, 3.05) is 26.3 Å². The lowest BCUT2D eigenvalue weighted by molar-refractivity contribution is -0.139. The fourth-order valence-corrected chi connectivity index (χ4v) is 2.67. The largest absolute Gasteiger partial charge is 0.372 e. The minimum Gasteiger partial charge on any atom is -0.372 e. The molecule has 5 nitrogen and oxygen atoms in total. The molecule has 1 unspecified atom stereocenters. The van der Waals surface area contributed by atoms with Gasteiger partial charge in [-0.2, -0.15) is 0 Å². The molecule has 1 amide bonds. The third-order valence-electron chi connectivity index (χ3n) is 3.79. The van der Waals surface area contributed by atoms with E-state index in [4.69, 9.17) is 4.74 Å². The summed E-state index contributed by atoms with van der Waals surface area (Å²) in [5.41, 5.74) is 0.930. The number of aromatic nitrogens is 1. The molecular formula is C16H26ClN3O2. The molecule has 0 bridgehead atoms. The number of pyridine rings is 1. The Balaban J connectivity index is 0.00000242. The van der Waals surface area contributed by atoms with Crippen LogP contribution in [0.25, 0.3) is 0 Å². The Morgan fingerprint density at radius 3 is 3.00 bits per heavy atom. The SMILES string of the molecule is CCOCC(=O)N(Cc1ccccn1)C1CCCNCC1.Cl. The highest BCUT2D eigenvalue weighted by Gasteiger charge is 2.24. The molecule has 1 fully saturated rings. The predicted octanol–water partition coefficient (Wildman–Crippen LogP) is 2.01. The Labute approximate surface area is 138 Å². The molecule has 22 heavy (non-hydrogen) atoms. The second-order valence-electron chi connectivity index (χ2n) is 5.31. The molecule has 1 aliphatic rings. The van der Waals surface area contributed by atoms with Gasteiger partial charge in [0.1, 0.15) is 6.61 Å². The van der Waals surface area contributed by atoms with E-state index in [9.17, 15) is 4.79 Å². The van der Waals surface area contributed by atoms with Crippen LogP contribution in [0, 0.1) is 0 Å². The Morgan fingerprint density at radius 2 is 2.27 bits per heavy atom. The first-order chi connectivity index (χ1) is 10.3. The van der Waals surface area contributed by atoms with Crippen LogP contribution in [0.2, 0.25) is 0 Å². The summed E-state index contributed by atoms with van der Waals surface area (Å²) in [7, 11) is 0. The maximum absolute atomic E-state index is 12.5. The fourth-order valence-electron chi connectivity index (χ4n) is 2.67. The molecule has 0 aliphatic carbocycles. The van der Waals surface area contributed by atoms with Gasteiger partial charge in [0.15, 0.2) is 0 Å². The van der Waals surface area contributed by atoms with Crippen LogP contribution in [0.3, 0.4) is 0 Å². The molecule has 1 saturated heterocycles. The van der Waals surface area contributed by atoms with Crippen molar-refractivity contribution in [2.24, 2.45) is 0 Å².